The van der Waals surface area contributed by atoms with E-state index in [0.29, 0.717) is 11.5 Å². The first-order chi connectivity index (χ1) is 12.4. The van der Waals surface area contributed by atoms with Crippen molar-refractivity contribution >= 4 is 17.8 Å². The predicted molar refractivity (Wildman–Crippen MR) is 98.8 cm³/mol. The molecule has 142 valence electrons. The largest absolute Gasteiger partial charge is 0.454 e. The summed E-state index contributed by atoms with van der Waals surface area (Å²) in [5.41, 5.74) is 2.60. The van der Waals surface area contributed by atoms with Crippen LogP contribution in [-0.2, 0) is 14.3 Å². The first-order valence-electron chi connectivity index (χ1n) is 9.17. The summed E-state index contributed by atoms with van der Waals surface area (Å²) in [4.78, 5) is 35.7. The molecule has 2 amide bonds. The van der Waals surface area contributed by atoms with Gasteiger partial charge in [0.05, 0.1) is 0 Å². The van der Waals surface area contributed by atoms with Crippen molar-refractivity contribution in [3.8, 4) is 0 Å². The molecule has 0 saturated heterocycles. The van der Waals surface area contributed by atoms with Crippen molar-refractivity contribution < 1.29 is 19.1 Å². The average molecular weight is 360 g/mol. The number of benzene rings is 1. The Morgan fingerprint density at radius 2 is 1.85 bits per heavy atom. The van der Waals surface area contributed by atoms with E-state index in [0.717, 1.165) is 30.4 Å². The van der Waals surface area contributed by atoms with Gasteiger partial charge >= 0.3 is 5.97 Å². The van der Waals surface area contributed by atoms with E-state index >= 15 is 0 Å². The molecule has 1 aromatic carbocycles. The van der Waals surface area contributed by atoms with Crippen molar-refractivity contribution in [2.45, 2.75) is 52.5 Å². The maximum atomic E-state index is 12.1. The summed E-state index contributed by atoms with van der Waals surface area (Å²) < 4.78 is 4.94. The van der Waals surface area contributed by atoms with Crippen LogP contribution in [-0.4, -0.2) is 37.0 Å². The first-order valence-corrected chi connectivity index (χ1v) is 9.17. The number of carbonyl (C=O) groups excluding carboxylic acids is 3. The van der Waals surface area contributed by atoms with Gasteiger partial charge in [-0.1, -0.05) is 25.8 Å². The monoisotopic (exact) mass is 360 g/mol. The van der Waals surface area contributed by atoms with E-state index in [4.69, 9.17) is 4.74 Å². The molecule has 0 unspecified atom stereocenters. The number of hydrogen-bond donors (Lipinski definition) is 2. The molecule has 26 heavy (non-hydrogen) atoms. The van der Waals surface area contributed by atoms with E-state index in [1.54, 1.807) is 12.1 Å². The second-order valence-electron chi connectivity index (χ2n) is 7.08. The van der Waals surface area contributed by atoms with Gasteiger partial charge in [0.2, 0.25) is 0 Å². The van der Waals surface area contributed by atoms with Crippen LogP contribution in [0.15, 0.2) is 18.2 Å². The van der Waals surface area contributed by atoms with Gasteiger partial charge in [0, 0.05) is 11.6 Å². The zero-order chi connectivity index (χ0) is 19.1. The molecule has 1 saturated carbocycles. The fourth-order valence-electron chi connectivity index (χ4n) is 3.11. The highest BCUT2D eigenvalue weighted by Crippen LogP contribution is 2.23. The third-order valence-electron chi connectivity index (χ3n) is 4.98. The maximum absolute atomic E-state index is 12.1. The van der Waals surface area contributed by atoms with Crippen LogP contribution in [0.3, 0.4) is 0 Å². The Labute approximate surface area is 154 Å². The number of nitrogens with one attached hydrogen (secondary N) is 2. The Hall–Kier alpha value is -2.37. The molecule has 1 aliphatic carbocycles. The van der Waals surface area contributed by atoms with E-state index in [-0.39, 0.29) is 31.0 Å². The lowest BCUT2D eigenvalue weighted by atomic mass is 9.86. The molecule has 1 aliphatic rings. The van der Waals surface area contributed by atoms with Gasteiger partial charge in [0.1, 0.15) is 6.54 Å². The quantitative estimate of drug-likeness (QED) is 0.762. The molecule has 2 rings (SSSR count). The average Bonchev–Trinajstić information content (AvgIpc) is 2.62. The van der Waals surface area contributed by atoms with E-state index in [2.05, 4.69) is 17.6 Å². The normalized spacial score (nSPS) is 19.5. The first kappa shape index (κ1) is 19.9. The van der Waals surface area contributed by atoms with Crippen molar-refractivity contribution in [3.63, 3.8) is 0 Å². The molecule has 0 aromatic heterocycles. The fourth-order valence-corrected chi connectivity index (χ4v) is 3.11. The second-order valence-corrected chi connectivity index (χ2v) is 7.08. The van der Waals surface area contributed by atoms with Crippen molar-refractivity contribution in [2.24, 2.45) is 5.92 Å². The highest BCUT2D eigenvalue weighted by Gasteiger charge is 2.23. The topological polar surface area (TPSA) is 84.5 Å². The number of amides is 2. The number of aryl methyl sites for hydroxylation is 2. The third-order valence-corrected chi connectivity index (χ3v) is 4.98. The van der Waals surface area contributed by atoms with E-state index < -0.39 is 5.97 Å². The molecule has 0 aliphatic heterocycles. The van der Waals surface area contributed by atoms with Gasteiger partial charge in [-0.3, -0.25) is 14.4 Å². The Bertz CT molecular complexity index is 672. The maximum Gasteiger partial charge on any atom is 0.325 e. The summed E-state index contributed by atoms with van der Waals surface area (Å²) in [6.45, 7) is 5.43. The van der Waals surface area contributed by atoms with Crippen LogP contribution in [0.4, 0.5) is 0 Å². The number of ether oxygens (including phenoxy) is 1. The van der Waals surface area contributed by atoms with Crippen molar-refractivity contribution in [2.75, 3.05) is 13.2 Å². The predicted octanol–water partition coefficient (Wildman–Crippen LogP) is 2.27. The summed E-state index contributed by atoms with van der Waals surface area (Å²) in [6.07, 6.45) is 4.38. The van der Waals surface area contributed by atoms with Crippen LogP contribution in [0.25, 0.3) is 0 Å². The summed E-state index contributed by atoms with van der Waals surface area (Å²) in [5, 5.41) is 5.44. The van der Waals surface area contributed by atoms with Gasteiger partial charge in [0.25, 0.3) is 11.8 Å². The fraction of sp³-hybridized carbons (Fsp3) is 0.550. The minimum Gasteiger partial charge on any atom is -0.454 e. The standard InChI is InChI=1S/C20H28N2O4/c1-13-8-9-16(10-15(13)3)20(25)21-11-19(24)26-12-18(23)22-17-7-5-4-6-14(17)2/h8-10,14,17H,4-7,11-12H2,1-3H3,(H,21,25)(H,22,23)/t14-,17+/m1/s1. The van der Waals surface area contributed by atoms with Gasteiger partial charge in [-0.25, -0.2) is 0 Å². The van der Waals surface area contributed by atoms with Crippen LogP contribution in [0.2, 0.25) is 0 Å². The van der Waals surface area contributed by atoms with Gasteiger partial charge in [-0.15, -0.1) is 0 Å². The molecule has 1 aromatic rings. The zero-order valence-electron chi connectivity index (χ0n) is 15.8. The molecule has 2 atom stereocenters. The number of rotatable bonds is 6. The van der Waals surface area contributed by atoms with Crippen LogP contribution in [0, 0.1) is 19.8 Å². The Morgan fingerprint density at radius 3 is 2.54 bits per heavy atom. The third kappa shape index (κ3) is 5.86. The molecule has 0 heterocycles. The Kier molecular flexibility index (Phi) is 7.18. The molecular weight excluding hydrogens is 332 g/mol. The Morgan fingerprint density at radius 1 is 1.12 bits per heavy atom. The lowest BCUT2D eigenvalue weighted by molar-refractivity contribution is -0.147. The highest BCUT2D eigenvalue weighted by molar-refractivity contribution is 5.96. The summed E-state index contributed by atoms with van der Waals surface area (Å²) >= 11 is 0. The lowest BCUT2D eigenvalue weighted by Crippen LogP contribution is -2.43. The van der Waals surface area contributed by atoms with Crippen LogP contribution in [0.5, 0.6) is 0 Å². The van der Waals surface area contributed by atoms with Gasteiger partial charge in [0.15, 0.2) is 6.61 Å². The molecule has 6 nitrogen and oxygen atoms in total. The lowest BCUT2D eigenvalue weighted by Gasteiger charge is -2.29. The highest BCUT2D eigenvalue weighted by atomic mass is 16.5. The number of esters is 1. The minimum absolute atomic E-state index is 0.152. The summed E-state index contributed by atoms with van der Waals surface area (Å²) in [5.74, 6) is -0.821. The van der Waals surface area contributed by atoms with Gasteiger partial charge < -0.3 is 15.4 Å². The van der Waals surface area contributed by atoms with Crippen LogP contribution < -0.4 is 10.6 Å². The smallest absolute Gasteiger partial charge is 0.325 e. The molecular formula is C20H28N2O4. The number of hydrogen-bond acceptors (Lipinski definition) is 4. The molecule has 1 fully saturated rings. The summed E-state index contributed by atoms with van der Waals surface area (Å²) in [7, 11) is 0. The Balaban J connectivity index is 1.70. The van der Waals surface area contributed by atoms with E-state index in [9.17, 15) is 14.4 Å². The van der Waals surface area contributed by atoms with Gasteiger partial charge in [-0.2, -0.15) is 0 Å². The van der Waals surface area contributed by atoms with Crippen molar-refractivity contribution in [3.05, 3.63) is 34.9 Å². The number of carbonyl (C=O) groups is 3. The molecule has 2 N–H and O–H groups in total. The second kappa shape index (κ2) is 9.36. The molecule has 0 radical (unpaired) electrons. The van der Waals surface area contributed by atoms with Crippen molar-refractivity contribution in [1.82, 2.24) is 10.6 Å². The van der Waals surface area contributed by atoms with Gasteiger partial charge in [-0.05, 0) is 55.9 Å². The van der Waals surface area contributed by atoms with Crippen LogP contribution in [0.1, 0.15) is 54.1 Å². The molecule has 0 bridgehead atoms. The van der Waals surface area contributed by atoms with E-state index in [1.165, 1.54) is 6.42 Å². The van der Waals surface area contributed by atoms with E-state index in [1.807, 2.05) is 19.9 Å². The molecule has 6 heteroatoms. The minimum atomic E-state index is -0.631. The molecule has 0 spiro atoms. The summed E-state index contributed by atoms with van der Waals surface area (Å²) in [6, 6.07) is 5.50. The SMILES string of the molecule is Cc1ccc(C(=O)NCC(=O)OCC(=O)N[C@H]2CCCC[C@H]2C)cc1C. The zero-order valence-corrected chi connectivity index (χ0v) is 15.8. The van der Waals surface area contributed by atoms with Crippen LogP contribution >= 0.6 is 0 Å². The van der Waals surface area contributed by atoms with Crippen molar-refractivity contribution in [1.29, 1.82) is 0 Å².